The van der Waals surface area contributed by atoms with Crippen molar-refractivity contribution in [1.29, 1.82) is 0 Å². The van der Waals surface area contributed by atoms with Gasteiger partial charge in [-0.1, -0.05) is 12.1 Å². The number of rotatable bonds is 4. The average molecular weight is 246 g/mol. The molecule has 1 saturated heterocycles. The summed E-state index contributed by atoms with van der Waals surface area (Å²) < 4.78 is 0. The fraction of sp³-hybridized carbons (Fsp3) is 0.625. The summed E-state index contributed by atoms with van der Waals surface area (Å²) in [5.41, 5.74) is 5.79. The fourth-order valence-electron chi connectivity index (χ4n) is 2.85. The average Bonchev–Trinajstić information content (AvgIpc) is 2.83. The van der Waals surface area contributed by atoms with Gasteiger partial charge in [-0.3, -0.25) is 0 Å². The molecule has 2 nitrogen and oxygen atoms in total. The van der Waals surface area contributed by atoms with Gasteiger partial charge in [0.15, 0.2) is 0 Å². The minimum absolute atomic E-state index is 0.835. The first-order chi connectivity index (χ1) is 8.58. The molecule has 0 radical (unpaired) electrons. The molecular formula is C16H26N2. The van der Waals surface area contributed by atoms with E-state index < -0.39 is 0 Å². The Labute approximate surface area is 111 Å². The van der Waals surface area contributed by atoms with Crippen LogP contribution in [0, 0.1) is 26.7 Å². The molecule has 1 unspecified atom stereocenters. The van der Waals surface area contributed by atoms with Crippen LogP contribution in [0.2, 0.25) is 0 Å². The third kappa shape index (κ3) is 3.12. The van der Waals surface area contributed by atoms with E-state index in [4.69, 9.17) is 0 Å². The van der Waals surface area contributed by atoms with Crippen molar-refractivity contribution in [3.63, 3.8) is 0 Å². The van der Waals surface area contributed by atoms with Gasteiger partial charge in [0.1, 0.15) is 0 Å². The monoisotopic (exact) mass is 246 g/mol. The van der Waals surface area contributed by atoms with E-state index in [0.717, 1.165) is 12.5 Å². The van der Waals surface area contributed by atoms with Crippen molar-refractivity contribution in [2.45, 2.75) is 33.7 Å². The van der Waals surface area contributed by atoms with Crippen molar-refractivity contribution in [3.05, 3.63) is 34.4 Å². The Morgan fingerprint density at radius 2 is 2.00 bits per heavy atom. The summed E-state index contributed by atoms with van der Waals surface area (Å²) in [5.74, 6) is 0.835. The highest BCUT2D eigenvalue weighted by Crippen LogP contribution is 2.19. The second-order valence-corrected chi connectivity index (χ2v) is 5.85. The molecule has 0 saturated carbocycles. The lowest BCUT2D eigenvalue weighted by Gasteiger charge is -2.22. The van der Waals surface area contributed by atoms with E-state index in [1.54, 1.807) is 0 Å². The Morgan fingerprint density at radius 3 is 2.67 bits per heavy atom. The Kier molecular flexibility index (Phi) is 4.41. The van der Waals surface area contributed by atoms with Crippen molar-refractivity contribution in [2.75, 3.05) is 26.7 Å². The maximum atomic E-state index is 3.44. The first-order valence-electron chi connectivity index (χ1n) is 7.03. The lowest BCUT2D eigenvalue weighted by molar-refractivity contribution is 0.278. The summed E-state index contributed by atoms with van der Waals surface area (Å²) in [6.07, 6.45) is 1.33. The van der Waals surface area contributed by atoms with Crippen molar-refractivity contribution in [1.82, 2.24) is 10.2 Å². The van der Waals surface area contributed by atoms with Gasteiger partial charge >= 0.3 is 0 Å². The van der Waals surface area contributed by atoms with Gasteiger partial charge in [0.2, 0.25) is 0 Å². The van der Waals surface area contributed by atoms with Crippen molar-refractivity contribution < 1.29 is 0 Å². The van der Waals surface area contributed by atoms with Gasteiger partial charge in [0, 0.05) is 13.1 Å². The summed E-state index contributed by atoms with van der Waals surface area (Å²) in [6, 6.07) is 4.55. The molecular weight excluding hydrogens is 220 g/mol. The molecule has 18 heavy (non-hydrogen) atoms. The van der Waals surface area contributed by atoms with Gasteiger partial charge in [-0.05, 0) is 75.5 Å². The first kappa shape index (κ1) is 13.6. The molecule has 0 aliphatic carbocycles. The zero-order valence-corrected chi connectivity index (χ0v) is 12.2. The van der Waals surface area contributed by atoms with Crippen LogP contribution in [0.5, 0.6) is 0 Å². The maximum Gasteiger partial charge on any atom is 0.0233 e. The normalized spacial score (nSPS) is 19.7. The zero-order chi connectivity index (χ0) is 13.1. The standard InChI is InChI=1S/C16H26N2/c1-12-5-6-16(14(3)13(12)2)11-18(4)10-15-7-8-17-9-15/h5-6,15,17H,7-11H2,1-4H3. The molecule has 0 aromatic heterocycles. The maximum absolute atomic E-state index is 3.44. The minimum Gasteiger partial charge on any atom is -0.316 e. The SMILES string of the molecule is Cc1ccc(CN(C)CC2CCNC2)c(C)c1C. The molecule has 0 amide bonds. The number of hydrogen-bond acceptors (Lipinski definition) is 2. The minimum atomic E-state index is 0.835. The van der Waals surface area contributed by atoms with E-state index in [1.807, 2.05) is 0 Å². The van der Waals surface area contributed by atoms with Gasteiger partial charge < -0.3 is 10.2 Å². The molecule has 1 atom stereocenters. The summed E-state index contributed by atoms with van der Waals surface area (Å²) in [5, 5.41) is 3.44. The van der Waals surface area contributed by atoms with E-state index in [1.165, 1.54) is 48.3 Å². The van der Waals surface area contributed by atoms with Crippen LogP contribution in [0.15, 0.2) is 12.1 Å². The quantitative estimate of drug-likeness (QED) is 0.878. The first-order valence-corrected chi connectivity index (χ1v) is 7.03. The number of hydrogen-bond donors (Lipinski definition) is 1. The second-order valence-electron chi connectivity index (χ2n) is 5.85. The van der Waals surface area contributed by atoms with Crippen LogP contribution in [0.3, 0.4) is 0 Å². The molecule has 100 valence electrons. The molecule has 0 bridgehead atoms. The van der Waals surface area contributed by atoms with Crippen molar-refractivity contribution >= 4 is 0 Å². The van der Waals surface area contributed by atoms with Crippen LogP contribution in [-0.4, -0.2) is 31.6 Å². The summed E-state index contributed by atoms with van der Waals surface area (Å²) >= 11 is 0. The van der Waals surface area contributed by atoms with Crippen LogP contribution >= 0.6 is 0 Å². The highest BCUT2D eigenvalue weighted by atomic mass is 15.1. The van der Waals surface area contributed by atoms with Gasteiger partial charge in [-0.2, -0.15) is 0 Å². The van der Waals surface area contributed by atoms with Gasteiger partial charge in [0.25, 0.3) is 0 Å². The number of benzene rings is 1. The Morgan fingerprint density at radius 1 is 1.22 bits per heavy atom. The second kappa shape index (κ2) is 5.85. The third-order valence-electron chi connectivity index (χ3n) is 4.34. The summed E-state index contributed by atoms with van der Waals surface area (Å²) in [7, 11) is 2.24. The number of nitrogens with zero attached hydrogens (tertiary/aromatic N) is 1. The Hall–Kier alpha value is -0.860. The lowest BCUT2D eigenvalue weighted by atomic mass is 9.98. The highest BCUT2D eigenvalue weighted by molar-refractivity contribution is 5.38. The smallest absolute Gasteiger partial charge is 0.0233 e. The largest absolute Gasteiger partial charge is 0.316 e. The topological polar surface area (TPSA) is 15.3 Å². The molecule has 1 aliphatic heterocycles. The molecule has 1 N–H and O–H groups in total. The van der Waals surface area contributed by atoms with Crippen molar-refractivity contribution in [3.8, 4) is 0 Å². The highest BCUT2D eigenvalue weighted by Gasteiger charge is 2.16. The van der Waals surface area contributed by atoms with Crippen LogP contribution in [-0.2, 0) is 6.54 Å². The van der Waals surface area contributed by atoms with E-state index in [0.29, 0.717) is 0 Å². The van der Waals surface area contributed by atoms with E-state index >= 15 is 0 Å². The molecule has 1 aromatic rings. The van der Waals surface area contributed by atoms with E-state index in [-0.39, 0.29) is 0 Å². The molecule has 1 heterocycles. The Balaban J connectivity index is 1.98. The lowest BCUT2D eigenvalue weighted by Crippen LogP contribution is -2.27. The Bertz CT molecular complexity index is 406. The van der Waals surface area contributed by atoms with Crippen LogP contribution in [0.1, 0.15) is 28.7 Å². The van der Waals surface area contributed by atoms with Gasteiger partial charge in [-0.25, -0.2) is 0 Å². The van der Waals surface area contributed by atoms with Crippen molar-refractivity contribution in [2.24, 2.45) is 5.92 Å². The predicted molar refractivity (Wildman–Crippen MR) is 78.0 cm³/mol. The molecule has 0 spiro atoms. The third-order valence-corrected chi connectivity index (χ3v) is 4.34. The van der Waals surface area contributed by atoms with E-state index in [9.17, 15) is 0 Å². The predicted octanol–water partition coefficient (Wildman–Crippen LogP) is 2.65. The van der Waals surface area contributed by atoms with Gasteiger partial charge in [-0.15, -0.1) is 0 Å². The summed E-state index contributed by atoms with van der Waals surface area (Å²) in [4.78, 5) is 2.47. The zero-order valence-electron chi connectivity index (χ0n) is 12.2. The van der Waals surface area contributed by atoms with Crippen LogP contribution in [0.4, 0.5) is 0 Å². The molecule has 2 rings (SSSR count). The molecule has 2 heteroatoms. The molecule has 1 aromatic carbocycles. The number of aryl methyl sites for hydroxylation is 1. The van der Waals surface area contributed by atoms with E-state index in [2.05, 4.69) is 50.2 Å². The summed E-state index contributed by atoms with van der Waals surface area (Å²) in [6.45, 7) is 11.3. The van der Waals surface area contributed by atoms with Gasteiger partial charge in [0.05, 0.1) is 0 Å². The fourth-order valence-corrected chi connectivity index (χ4v) is 2.85. The molecule has 1 aliphatic rings. The van der Waals surface area contributed by atoms with Crippen LogP contribution < -0.4 is 5.32 Å². The van der Waals surface area contributed by atoms with Crippen LogP contribution in [0.25, 0.3) is 0 Å². The number of nitrogens with one attached hydrogen (secondary N) is 1. The molecule has 1 fully saturated rings.